The lowest BCUT2D eigenvalue weighted by atomic mass is 10.0. The molecule has 0 radical (unpaired) electrons. The summed E-state index contributed by atoms with van der Waals surface area (Å²) >= 11 is 2.53. The summed E-state index contributed by atoms with van der Waals surface area (Å²) in [4.78, 5) is 17.7. The van der Waals surface area contributed by atoms with Gasteiger partial charge in [-0.2, -0.15) is 0 Å². The lowest BCUT2D eigenvalue weighted by Gasteiger charge is -2.04. The van der Waals surface area contributed by atoms with Gasteiger partial charge in [0, 0.05) is 22.2 Å². The van der Waals surface area contributed by atoms with Crippen LogP contribution in [0.4, 0.5) is 13.2 Å². The smallest absolute Gasteiger partial charge is 0.310 e. The van der Waals surface area contributed by atoms with Crippen LogP contribution in [-0.4, -0.2) is 18.1 Å². The second kappa shape index (κ2) is 6.76. The molecule has 25 heavy (non-hydrogen) atoms. The molecule has 2 heterocycles. The van der Waals surface area contributed by atoms with Crippen molar-refractivity contribution in [2.75, 3.05) is 7.11 Å². The number of carbonyl (C=O) groups excluding carboxylic acids is 1. The van der Waals surface area contributed by atoms with Gasteiger partial charge in [0.1, 0.15) is 11.3 Å². The summed E-state index contributed by atoms with van der Waals surface area (Å²) in [6.07, 6.45) is 0.451. The van der Waals surface area contributed by atoms with Gasteiger partial charge in [-0.15, -0.1) is 22.7 Å². The second-order valence-electron chi connectivity index (χ2n) is 5.54. The number of thiophene rings is 1. The number of esters is 1. The lowest BCUT2D eigenvalue weighted by molar-refractivity contribution is -0.139. The summed E-state index contributed by atoms with van der Waals surface area (Å²) < 4.78 is 45.8. The van der Waals surface area contributed by atoms with Crippen molar-refractivity contribution in [2.24, 2.45) is 0 Å². The van der Waals surface area contributed by atoms with Crippen molar-refractivity contribution in [2.45, 2.75) is 26.7 Å². The van der Waals surface area contributed by atoms with Gasteiger partial charge in [-0.1, -0.05) is 0 Å². The molecule has 0 saturated carbocycles. The number of methoxy groups -OCH3 is 1. The fourth-order valence-corrected chi connectivity index (χ4v) is 4.79. The standard InChI is InChI=1S/C17H14F3NO2S2/c1-7-9(10(8(2)24-7)5-14(22)23-3)4-13-21-16-15(20)11(18)6-12(19)17(16)25-13/h6H,4-5H2,1-3H3. The van der Waals surface area contributed by atoms with E-state index in [2.05, 4.69) is 4.98 Å². The lowest BCUT2D eigenvalue weighted by Crippen LogP contribution is -2.07. The highest BCUT2D eigenvalue weighted by molar-refractivity contribution is 7.18. The van der Waals surface area contributed by atoms with Gasteiger partial charge in [0.25, 0.3) is 0 Å². The maximum Gasteiger partial charge on any atom is 0.310 e. The van der Waals surface area contributed by atoms with E-state index in [-0.39, 0.29) is 22.6 Å². The highest BCUT2D eigenvalue weighted by Gasteiger charge is 2.21. The highest BCUT2D eigenvalue weighted by Crippen LogP contribution is 2.34. The molecule has 0 N–H and O–H groups in total. The van der Waals surface area contributed by atoms with Crippen LogP contribution in [0.3, 0.4) is 0 Å². The summed E-state index contributed by atoms with van der Waals surface area (Å²) in [5.41, 5.74) is 1.45. The molecule has 0 fully saturated rings. The van der Waals surface area contributed by atoms with Crippen LogP contribution in [0, 0.1) is 31.3 Å². The van der Waals surface area contributed by atoms with E-state index in [1.54, 1.807) is 11.3 Å². The molecule has 0 aliphatic heterocycles. The monoisotopic (exact) mass is 385 g/mol. The number of ether oxygens (including phenoxy) is 1. The average molecular weight is 385 g/mol. The number of aromatic nitrogens is 1. The van der Waals surface area contributed by atoms with Gasteiger partial charge in [0.05, 0.1) is 23.2 Å². The Labute approximate surface area is 150 Å². The number of benzene rings is 1. The number of fused-ring (bicyclic) bond motifs is 1. The minimum Gasteiger partial charge on any atom is -0.469 e. The van der Waals surface area contributed by atoms with Gasteiger partial charge in [-0.25, -0.2) is 18.2 Å². The number of hydrogen-bond acceptors (Lipinski definition) is 5. The molecular weight excluding hydrogens is 371 g/mol. The van der Waals surface area contributed by atoms with Crippen LogP contribution in [0.25, 0.3) is 10.2 Å². The zero-order valence-electron chi connectivity index (χ0n) is 13.7. The number of hydrogen-bond donors (Lipinski definition) is 0. The quantitative estimate of drug-likeness (QED) is 0.483. The molecule has 0 saturated heterocycles. The first-order chi connectivity index (χ1) is 11.8. The molecule has 3 rings (SSSR count). The molecule has 0 amide bonds. The van der Waals surface area contributed by atoms with Crippen LogP contribution in [-0.2, 0) is 22.4 Å². The van der Waals surface area contributed by atoms with E-state index in [4.69, 9.17) is 4.74 Å². The third kappa shape index (κ3) is 3.28. The van der Waals surface area contributed by atoms with Crippen LogP contribution in [0.5, 0.6) is 0 Å². The molecular formula is C17H14F3NO2S2. The van der Waals surface area contributed by atoms with Crippen LogP contribution in [0.2, 0.25) is 0 Å². The van der Waals surface area contributed by atoms with Gasteiger partial charge in [0.15, 0.2) is 11.6 Å². The molecule has 132 valence electrons. The van der Waals surface area contributed by atoms with Crippen molar-refractivity contribution >= 4 is 38.9 Å². The zero-order chi connectivity index (χ0) is 18.3. The number of halogens is 3. The Morgan fingerprint density at radius 3 is 2.48 bits per heavy atom. The molecule has 0 unspecified atom stereocenters. The molecule has 0 spiro atoms. The maximum atomic E-state index is 13.9. The summed E-state index contributed by atoms with van der Waals surface area (Å²) in [7, 11) is 1.32. The van der Waals surface area contributed by atoms with E-state index in [9.17, 15) is 18.0 Å². The van der Waals surface area contributed by atoms with Crippen molar-refractivity contribution in [3.8, 4) is 0 Å². The number of nitrogens with zero attached hydrogens (tertiary/aromatic N) is 1. The van der Waals surface area contributed by atoms with E-state index in [1.165, 1.54) is 7.11 Å². The molecule has 1 aromatic carbocycles. The fraction of sp³-hybridized carbons (Fsp3) is 0.294. The Bertz CT molecular complexity index is 978. The normalized spacial score (nSPS) is 11.3. The predicted octanol–water partition coefficient (Wildman–Crippen LogP) is 4.70. The molecule has 8 heteroatoms. The number of thiazole rings is 1. The van der Waals surface area contributed by atoms with Gasteiger partial charge in [-0.3, -0.25) is 4.79 Å². The molecule has 3 aromatic rings. The Balaban J connectivity index is 2.03. The molecule has 3 nitrogen and oxygen atoms in total. The van der Waals surface area contributed by atoms with E-state index in [1.807, 2.05) is 13.8 Å². The van der Waals surface area contributed by atoms with Gasteiger partial charge in [0.2, 0.25) is 0 Å². The minimum atomic E-state index is -1.25. The molecule has 0 bridgehead atoms. The highest BCUT2D eigenvalue weighted by atomic mass is 32.1. The summed E-state index contributed by atoms with van der Waals surface area (Å²) in [6.45, 7) is 3.83. The molecule has 0 aliphatic carbocycles. The minimum absolute atomic E-state index is 0.00646. The van der Waals surface area contributed by atoms with Crippen molar-refractivity contribution < 1.29 is 22.7 Å². The van der Waals surface area contributed by atoms with Crippen molar-refractivity contribution in [1.82, 2.24) is 4.98 Å². The van der Waals surface area contributed by atoms with Crippen molar-refractivity contribution in [1.29, 1.82) is 0 Å². The maximum absolute atomic E-state index is 13.9. The second-order valence-corrected chi connectivity index (χ2v) is 8.05. The van der Waals surface area contributed by atoms with E-state index in [0.717, 1.165) is 32.2 Å². The van der Waals surface area contributed by atoms with Gasteiger partial charge >= 0.3 is 5.97 Å². The summed E-state index contributed by atoms with van der Waals surface area (Å²) in [6, 6.07) is 0.530. The fourth-order valence-electron chi connectivity index (χ4n) is 2.71. The van der Waals surface area contributed by atoms with E-state index in [0.29, 0.717) is 17.5 Å². The van der Waals surface area contributed by atoms with Crippen molar-refractivity contribution in [3.63, 3.8) is 0 Å². The van der Waals surface area contributed by atoms with E-state index < -0.39 is 17.5 Å². The van der Waals surface area contributed by atoms with Gasteiger partial charge < -0.3 is 4.74 Å². The number of aryl methyl sites for hydroxylation is 2. The summed E-state index contributed by atoms with van der Waals surface area (Å²) in [5, 5.41) is 0.463. The molecule has 0 atom stereocenters. The zero-order valence-corrected chi connectivity index (χ0v) is 15.3. The number of carbonyl (C=O) groups is 1. The van der Waals surface area contributed by atoms with Gasteiger partial charge in [-0.05, 0) is 25.0 Å². The largest absolute Gasteiger partial charge is 0.469 e. The Kier molecular flexibility index (Phi) is 4.83. The first kappa shape index (κ1) is 17.9. The first-order valence-electron chi connectivity index (χ1n) is 7.39. The summed E-state index contributed by atoms with van der Waals surface area (Å²) in [5.74, 6) is -3.58. The van der Waals surface area contributed by atoms with Crippen molar-refractivity contribution in [3.05, 3.63) is 49.4 Å². The van der Waals surface area contributed by atoms with Crippen LogP contribution in [0.15, 0.2) is 6.07 Å². The van der Waals surface area contributed by atoms with Crippen LogP contribution >= 0.6 is 22.7 Å². The first-order valence-corrected chi connectivity index (χ1v) is 9.02. The van der Waals surface area contributed by atoms with E-state index >= 15 is 0 Å². The van der Waals surface area contributed by atoms with Crippen LogP contribution in [0.1, 0.15) is 25.9 Å². The Hall–Kier alpha value is -1.93. The SMILES string of the molecule is COC(=O)Cc1c(C)sc(C)c1Cc1nc2c(F)c(F)cc(F)c2s1. The van der Waals surface area contributed by atoms with Crippen LogP contribution < -0.4 is 0 Å². The topological polar surface area (TPSA) is 39.2 Å². The average Bonchev–Trinajstić information content (AvgIpc) is 3.09. The third-order valence-corrected chi connectivity index (χ3v) is 6.13. The third-order valence-electron chi connectivity index (χ3n) is 3.96. The number of rotatable bonds is 4. The predicted molar refractivity (Wildman–Crippen MR) is 91.8 cm³/mol. The Morgan fingerprint density at radius 2 is 1.80 bits per heavy atom. The Morgan fingerprint density at radius 1 is 1.12 bits per heavy atom. The molecule has 2 aromatic heterocycles. The molecule has 0 aliphatic rings.